The van der Waals surface area contributed by atoms with Crippen molar-refractivity contribution in [2.45, 2.75) is 70.5 Å². The largest absolute Gasteiger partial charge is 0.479 e. The second kappa shape index (κ2) is 11.0. The number of unbranched alkanes of at least 4 members (excludes halogenated alkanes) is 3. The van der Waals surface area contributed by atoms with Crippen LogP contribution in [0.25, 0.3) is 0 Å². The number of Topliss-reactive ketones (excluding diaryl/α,β-unsaturated/α-hetero) is 1. The van der Waals surface area contributed by atoms with Crippen molar-refractivity contribution >= 4 is 34.1 Å². The van der Waals surface area contributed by atoms with Gasteiger partial charge in [0.25, 0.3) is 0 Å². The Kier molecular flexibility index (Phi) is 8.97. The lowest BCUT2D eigenvalue weighted by molar-refractivity contribution is 0.0893. The van der Waals surface area contributed by atoms with E-state index in [0.717, 1.165) is 31.2 Å². The highest BCUT2D eigenvalue weighted by Crippen LogP contribution is 2.33. The van der Waals surface area contributed by atoms with Gasteiger partial charge in [0.05, 0.1) is 6.61 Å². The maximum atomic E-state index is 12.9. The third-order valence-corrected chi connectivity index (χ3v) is 6.35. The average molecular weight is 379 g/mol. The van der Waals surface area contributed by atoms with Crippen molar-refractivity contribution in [2.75, 3.05) is 6.61 Å². The summed E-state index contributed by atoms with van der Waals surface area (Å²) in [5, 5.41) is 0.384. The van der Waals surface area contributed by atoms with Gasteiger partial charge in [-0.05, 0) is 50.4 Å². The molecule has 1 aromatic carbocycles. The minimum absolute atomic E-state index is 0.128. The predicted octanol–water partition coefficient (Wildman–Crippen LogP) is 6.22. The predicted molar refractivity (Wildman–Crippen MR) is 112 cm³/mol. The lowest BCUT2D eigenvalue weighted by Crippen LogP contribution is -2.26. The molecule has 4 heteroatoms. The van der Waals surface area contributed by atoms with Gasteiger partial charge in [0.15, 0.2) is 5.78 Å². The number of carbonyl (C=O) groups excluding carboxylic acids is 1. The molecule has 0 saturated carbocycles. The molecule has 2 atom stereocenters. The van der Waals surface area contributed by atoms with E-state index in [0.29, 0.717) is 22.0 Å². The number of aryl methyl sites for hydroxylation is 1. The van der Waals surface area contributed by atoms with E-state index in [1.807, 2.05) is 25.1 Å². The average Bonchev–Trinajstić information content (AvgIpc) is 2.61. The van der Waals surface area contributed by atoms with Crippen LogP contribution >= 0.6 is 24.0 Å². The van der Waals surface area contributed by atoms with Crippen molar-refractivity contribution in [1.29, 1.82) is 0 Å². The first-order valence-electron chi connectivity index (χ1n) is 9.61. The number of thioether (sulfide) groups is 1. The fourth-order valence-corrected chi connectivity index (χ4v) is 5.11. The molecule has 0 N–H and O–H groups in total. The highest BCUT2D eigenvalue weighted by molar-refractivity contribution is 8.23. The summed E-state index contributed by atoms with van der Waals surface area (Å²) >= 11 is 7.01. The molecule has 0 bridgehead atoms. The molecule has 0 spiro atoms. The number of hydrogen-bond donors (Lipinski definition) is 0. The van der Waals surface area contributed by atoms with E-state index in [1.54, 1.807) is 11.8 Å². The Morgan fingerprint density at radius 2 is 2.08 bits per heavy atom. The van der Waals surface area contributed by atoms with Crippen LogP contribution in [0.4, 0.5) is 0 Å². The van der Waals surface area contributed by atoms with Gasteiger partial charge >= 0.3 is 0 Å². The number of benzene rings is 1. The minimum atomic E-state index is 0.128. The van der Waals surface area contributed by atoms with Gasteiger partial charge in [0, 0.05) is 16.7 Å². The molecule has 0 aromatic heterocycles. The zero-order valence-corrected chi connectivity index (χ0v) is 17.1. The molecule has 138 valence electrons. The van der Waals surface area contributed by atoms with Crippen LogP contribution in [0.3, 0.4) is 0 Å². The molecule has 2 unspecified atom stereocenters. The summed E-state index contributed by atoms with van der Waals surface area (Å²) in [7, 11) is 0. The lowest BCUT2D eigenvalue weighted by Gasteiger charge is -2.27. The molecule has 1 aromatic rings. The van der Waals surface area contributed by atoms with Crippen molar-refractivity contribution in [2.24, 2.45) is 5.92 Å². The quantitative estimate of drug-likeness (QED) is 0.377. The van der Waals surface area contributed by atoms with Crippen LogP contribution in [0, 0.1) is 5.92 Å². The molecule has 0 radical (unpaired) electrons. The summed E-state index contributed by atoms with van der Waals surface area (Å²) < 4.78 is 6.11. The van der Waals surface area contributed by atoms with E-state index in [9.17, 15) is 4.79 Å². The van der Waals surface area contributed by atoms with Crippen molar-refractivity contribution < 1.29 is 9.53 Å². The van der Waals surface area contributed by atoms with Crippen LogP contribution in [-0.4, -0.2) is 22.0 Å². The fraction of sp³-hybridized carbons (Fsp3) is 0.619. The van der Waals surface area contributed by atoms with E-state index in [2.05, 4.69) is 13.0 Å². The first-order chi connectivity index (χ1) is 12.2. The van der Waals surface area contributed by atoms with Gasteiger partial charge in [-0.2, -0.15) is 0 Å². The lowest BCUT2D eigenvalue weighted by atomic mass is 9.80. The minimum Gasteiger partial charge on any atom is -0.479 e. The van der Waals surface area contributed by atoms with Crippen LogP contribution in [0.1, 0.15) is 74.7 Å². The van der Waals surface area contributed by atoms with Crippen LogP contribution in [0.15, 0.2) is 24.3 Å². The van der Waals surface area contributed by atoms with E-state index in [-0.39, 0.29) is 5.92 Å². The molecule has 0 amide bonds. The summed E-state index contributed by atoms with van der Waals surface area (Å²) in [5.74, 6) is 0.450. The van der Waals surface area contributed by atoms with Gasteiger partial charge in [-0.1, -0.05) is 68.6 Å². The SMILES string of the molecule is CCCCCCC(CC1CCc2ccccc2C1=O)SC(=S)OCC. The van der Waals surface area contributed by atoms with Gasteiger partial charge < -0.3 is 4.74 Å². The van der Waals surface area contributed by atoms with E-state index >= 15 is 0 Å². The van der Waals surface area contributed by atoms with Crippen LogP contribution < -0.4 is 0 Å². The van der Waals surface area contributed by atoms with Crippen molar-refractivity contribution in [3.05, 3.63) is 35.4 Å². The molecular formula is C21H30O2S2. The number of carbonyl (C=O) groups is 1. The Morgan fingerprint density at radius 3 is 2.84 bits per heavy atom. The number of thiocarbonyl (C=S) groups is 1. The van der Waals surface area contributed by atoms with Crippen LogP contribution in [-0.2, 0) is 11.2 Å². The van der Waals surface area contributed by atoms with Crippen molar-refractivity contribution in [3.63, 3.8) is 0 Å². The normalized spacial score (nSPS) is 17.8. The molecule has 0 fully saturated rings. The number of hydrogen-bond acceptors (Lipinski definition) is 4. The number of ketones is 1. The molecule has 2 nitrogen and oxygen atoms in total. The number of ether oxygens (including phenoxy) is 1. The third-order valence-electron chi connectivity index (χ3n) is 4.87. The molecular weight excluding hydrogens is 348 g/mol. The Morgan fingerprint density at radius 1 is 1.28 bits per heavy atom. The van der Waals surface area contributed by atoms with E-state index in [1.165, 1.54) is 31.2 Å². The third kappa shape index (κ3) is 6.41. The molecule has 0 aliphatic heterocycles. The van der Waals surface area contributed by atoms with E-state index < -0.39 is 0 Å². The Labute approximate surface area is 162 Å². The first-order valence-corrected chi connectivity index (χ1v) is 10.9. The summed E-state index contributed by atoms with van der Waals surface area (Å²) in [6.45, 7) is 4.81. The molecule has 1 aliphatic rings. The van der Waals surface area contributed by atoms with Crippen LogP contribution in [0.5, 0.6) is 0 Å². The zero-order valence-electron chi connectivity index (χ0n) is 15.5. The highest BCUT2D eigenvalue weighted by atomic mass is 32.2. The second-order valence-electron chi connectivity index (χ2n) is 6.76. The summed E-state index contributed by atoms with van der Waals surface area (Å²) in [6.07, 6.45) is 8.99. The van der Waals surface area contributed by atoms with Gasteiger partial charge in [-0.25, -0.2) is 0 Å². The Hall–Kier alpha value is -0.870. The van der Waals surface area contributed by atoms with E-state index in [4.69, 9.17) is 17.0 Å². The maximum Gasteiger partial charge on any atom is 0.220 e. The number of fused-ring (bicyclic) bond motifs is 1. The molecule has 0 heterocycles. The summed E-state index contributed by atoms with van der Waals surface area (Å²) in [4.78, 5) is 12.9. The zero-order chi connectivity index (χ0) is 18.1. The summed E-state index contributed by atoms with van der Waals surface area (Å²) in [5.41, 5.74) is 2.14. The van der Waals surface area contributed by atoms with Crippen LogP contribution in [0.2, 0.25) is 0 Å². The first kappa shape index (κ1) is 20.4. The smallest absolute Gasteiger partial charge is 0.220 e. The van der Waals surface area contributed by atoms with Gasteiger partial charge in [-0.3, -0.25) is 4.79 Å². The fourth-order valence-electron chi connectivity index (χ4n) is 3.51. The Balaban J connectivity index is 1.97. The van der Waals surface area contributed by atoms with Gasteiger partial charge in [-0.15, -0.1) is 0 Å². The molecule has 25 heavy (non-hydrogen) atoms. The molecule has 1 aliphatic carbocycles. The Bertz CT molecular complexity index is 571. The van der Waals surface area contributed by atoms with Crippen molar-refractivity contribution in [1.82, 2.24) is 0 Å². The topological polar surface area (TPSA) is 26.3 Å². The number of rotatable bonds is 9. The van der Waals surface area contributed by atoms with Gasteiger partial charge in [0.2, 0.25) is 4.38 Å². The standard InChI is InChI=1S/C21H30O2S2/c1-3-5-6-7-11-18(25-21(24)23-4-2)15-17-14-13-16-10-8-9-12-19(16)20(17)22/h8-10,12,17-18H,3-7,11,13-15H2,1-2H3. The molecule has 2 rings (SSSR count). The maximum absolute atomic E-state index is 12.9. The van der Waals surface area contributed by atoms with Gasteiger partial charge in [0.1, 0.15) is 0 Å². The van der Waals surface area contributed by atoms with Crippen molar-refractivity contribution in [3.8, 4) is 0 Å². The molecule has 0 saturated heterocycles. The summed E-state index contributed by atoms with van der Waals surface area (Å²) in [6, 6.07) is 8.07. The second-order valence-corrected chi connectivity index (χ2v) is 8.67. The highest BCUT2D eigenvalue weighted by Gasteiger charge is 2.29. The monoisotopic (exact) mass is 378 g/mol.